The van der Waals surface area contributed by atoms with Crippen LogP contribution in [0.3, 0.4) is 0 Å². The van der Waals surface area contributed by atoms with E-state index in [2.05, 4.69) is 20.3 Å². The number of anilines is 2. The number of hydrogen-bond donors (Lipinski definition) is 3. The fourth-order valence-electron chi connectivity index (χ4n) is 2.17. The number of carbonyl (C=O) groups is 1. The number of amides is 1. The number of nitrogens with zero attached hydrogens (tertiary/aromatic N) is 2. The number of H-pyrrole nitrogens is 1. The van der Waals surface area contributed by atoms with E-state index >= 15 is 0 Å². The lowest BCUT2D eigenvalue weighted by molar-refractivity contribution is 0.102. The third kappa shape index (κ3) is 4.28. The minimum absolute atomic E-state index is 0.0299. The highest BCUT2D eigenvalue weighted by Crippen LogP contribution is 2.20. The van der Waals surface area contributed by atoms with Crippen molar-refractivity contribution in [1.82, 2.24) is 15.0 Å². The highest BCUT2D eigenvalue weighted by Gasteiger charge is 2.14. The van der Waals surface area contributed by atoms with Crippen LogP contribution < -0.4 is 16.6 Å². The summed E-state index contributed by atoms with van der Waals surface area (Å²) in [5.74, 6) is 0.0915. The molecule has 132 valence electrons. The molecule has 1 amide bonds. The third-order valence-corrected chi connectivity index (χ3v) is 4.47. The van der Waals surface area contributed by atoms with Crippen molar-refractivity contribution in [2.75, 3.05) is 11.1 Å². The topological polar surface area (TPSA) is 114 Å². The molecule has 8 heteroatoms. The number of thioether (sulfide) groups is 1. The molecule has 0 unspecified atom stereocenters. The molecule has 2 aromatic heterocycles. The molecule has 7 nitrogen and oxygen atoms in total. The molecule has 3 rings (SSSR count). The van der Waals surface area contributed by atoms with Gasteiger partial charge in [-0.25, -0.2) is 4.98 Å². The molecule has 0 saturated carbocycles. The molecule has 26 heavy (non-hydrogen) atoms. The van der Waals surface area contributed by atoms with Gasteiger partial charge in [-0.2, -0.15) is 0 Å². The molecule has 2 heterocycles. The highest BCUT2D eigenvalue weighted by atomic mass is 32.2. The van der Waals surface area contributed by atoms with Crippen LogP contribution in [0.5, 0.6) is 0 Å². The largest absolute Gasteiger partial charge is 0.382 e. The van der Waals surface area contributed by atoms with Gasteiger partial charge in [0.25, 0.3) is 11.5 Å². The van der Waals surface area contributed by atoms with E-state index in [1.807, 2.05) is 37.3 Å². The smallest absolute Gasteiger partial charge is 0.277 e. The monoisotopic (exact) mass is 367 g/mol. The second-order valence-corrected chi connectivity index (χ2v) is 6.53. The Bertz CT molecular complexity index is 971. The second-order valence-electron chi connectivity index (χ2n) is 5.56. The van der Waals surface area contributed by atoms with E-state index in [-0.39, 0.29) is 11.5 Å². The van der Waals surface area contributed by atoms with Crippen LogP contribution in [0.4, 0.5) is 11.5 Å². The average Bonchev–Trinajstić information content (AvgIpc) is 2.64. The van der Waals surface area contributed by atoms with Crippen molar-refractivity contribution in [2.45, 2.75) is 17.8 Å². The summed E-state index contributed by atoms with van der Waals surface area (Å²) < 4.78 is 0. The minimum atomic E-state index is -0.499. The number of aryl methyl sites for hydroxylation is 1. The van der Waals surface area contributed by atoms with Gasteiger partial charge in [0.15, 0.2) is 11.0 Å². The van der Waals surface area contributed by atoms with Gasteiger partial charge in [0.05, 0.1) is 5.69 Å². The summed E-state index contributed by atoms with van der Waals surface area (Å²) in [6.45, 7) is 1.93. The number of nitrogen functional groups attached to an aromatic ring is 1. The Kier molecular flexibility index (Phi) is 5.33. The van der Waals surface area contributed by atoms with Crippen LogP contribution in [-0.2, 0) is 5.75 Å². The number of benzene rings is 1. The predicted octanol–water partition coefficient (Wildman–Crippen LogP) is 2.60. The Morgan fingerprint density at radius 3 is 2.65 bits per heavy atom. The Morgan fingerprint density at radius 2 is 2.00 bits per heavy atom. The van der Waals surface area contributed by atoms with Gasteiger partial charge in [-0.3, -0.25) is 19.6 Å². The molecule has 0 saturated heterocycles. The van der Waals surface area contributed by atoms with E-state index in [0.29, 0.717) is 16.5 Å². The van der Waals surface area contributed by atoms with E-state index in [1.54, 1.807) is 18.3 Å². The Morgan fingerprint density at radius 1 is 1.23 bits per heavy atom. The van der Waals surface area contributed by atoms with Gasteiger partial charge < -0.3 is 11.1 Å². The quantitative estimate of drug-likeness (QED) is 0.472. The molecule has 3 aromatic rings. The summed E-state index contributed by atoms with van der Waals surface area (Å²) in [7, 11) is 0. The standard InChI is InChI=1S/C18H17N5O2S/c1-11-5-7-12(8-6-11)16(24)21-14-15(19)22-18(23-17(14)25)26-10-13-4-2-3-9-20-13/h2-9H,10H2,1H3,(H,21,24)(H3,19,22,23,25). The van der Waals surface area contributed by atoms with Crippen molar-refractivity contribution in [3.8, 4) is 0 Å². The molecule has 0 aliphatic carbocycles. The summed E-state index contributed by atoms with van der Waals surface area (Å²) in [6.07, 6.45) is 1.70. The Hall–Kier alpha value is -3.13. The van der Waals surface area contributed by atoms with Gasteiger partial charge in [0.1, 0.15) is 5.69 Å². The highest BCUT2D eigenvalue weighted by molar-refractivity contribution is 7.98. The summed E-state index contributed by atoms with van der Waals surface area (Å²) in [6, 6.07) is 12.6. The predicted molar refractivity (Wildman–Crippen MR) is 102 cm³/mol. The molecular formula is C18H17N5O2S. The van der Waals surface area contributed by atoms with Crippen LogP contribution >= 0.6 is 11.8 Å². The lowest BCUT2D eigenvalue weighted by Gasteiger charge is -2.08. The molecule has 0 radical (unpaired) electrons. The molecule has 0 aliphatic heterocycles. The van der Waals surface area contributed by atoms with Crippen molar-refractivity contribution in [1.29, 1.82) is 0 Å². The van der Waals surface area contributed by atoms with E-state index < -0.39 is 11.5 Å². The first-order chi connectivity index (χ1) is 12.5. The first-order valence-corrected chi connectivity index (χ1v) is 8.82. The molecular weight excluding hydrogens is 350 g/mol. The number of carbonyl (C=O) groups excluding carboxylic acids is 1. The first kappa shape index (κ1) is 17.7. The van der Waals surface area contributed by atoms with Crippen LogP contribution in [0, 0.1) is 6.92 Å². The number of pyridine rings is 1. The van der Waals surface area contributed by atoms with Gasteiger partial charge in [-0.15, -0.1) is 0 Å². The number of rotatable bonds is 5. The maximum absolute atomic E-state index is 12.3. The van der Waals surface area contributed by atoms with Crippen LogP contribution in [0.25, 0.3) is 0 Å². The second kappa shape index (κ2) is 7.83. The van der Waals surface area contributed by atoms with Gasteiger partial charge in [-0.1, -0.05) is 35.5 Å². The normalized spacial score (nSPS) is 10.5. The van der Waals surface area contributed by atoms with Crippen molar-refractivity contribution in [3.05, 3.63) is 75.8 Å². The van der Waals surface area contributed by atoms with Crippen LogP contribution in [0.2, 0.25) is 0 Å². The van der Waals surface area contributed by atoms with E-state index in [1.165, 1.54) is 11.8 Å². The third-order valence-electron chi connectivity index (χ3n) is 3.56. The Balaban J connectivity index is 1.73. The van der Waals surface area contributed by atoms with Crippen molar-refractivity contribution >= 4 is 29.2 Å². The summed E-state index contributed by atoms with van der Waals surface area (Å²) in [5, 5.41) is 2.89. The van der Waals surface area contributed by atoms with Crippen molar-refractivity contribution in [3.63, 3.8) is 0 Å². The number of aromatic amines is 1. The SMILES string of the molecule is Cc1ccc(C(=O)Nc2c(N)nc(SCc3ccccn3)[nH]c2=O)cc1. The van der Waals surface area contributed by atoms with Crippen LogP contribution in [-0.4, -0.2) is 20.9 Å². The minimum Gasteiger partial charge on any atom is -0.382 e. The van der Waals surface area contributed by atoms with Crippen molar-refractivity contribution < 1.29 is 4.79 Å². The number of hydrogen-bond acceptors (Lipinski definition) is 6. The molecule has 1 aromatic carbocycles. The average molecular weight is 367 g/mol. The van der Waals surface area contributed by atoms with Gasteiger partial charge in [0, 0.05) is 17.5 Å². The van der Waals surface area contributed by atoms with E-state index in [9.17, 15) is 9.59 Å². The molecule has 0 fully saturated rings. The first-order valence-electron chi connectivity index (χ1n) is 7.83. The molecule has 0 spiro atoms. The summed E-state index contributed by atoms with van der Waals surface area (Å²) in [4.78, 5) is 35.5. The Labute approximate surface area is 154 Å². The zero-order chi connectivity index (χ0) is 18.5. The summed E-state index contributed by atoms with van der Waals surface area (Å²) >= 11 is 1.31. The lowest BCUT2D eigenvalue weighted by atomic mass is 10.1. The maximum atomic E-state index is 12.3. The van der Waals surface area contributed by atoms with Gasteiger partial charge >= 0.3 is 0 Å². The van der Waals surface area contributed by atoms with E-state index in [0.717, 1.165) is 11.3 Å². The van der Waals surface area contributed by atoms with Crippen molar-refractivity contribution in [2.24, 2.45) is 0 Å². The molecule has 0 bridgehead atoms. The summed E-state index contributed by atoms with van der Waals surface area (Å²) in [5.41, 5.74) is 7.64. The number of nitrogens with one attached hydrogen (secondary N) is 2. The van der Waals surface area contributed by atoms with Crippen LogP contribution in [0.1, 0.15) is 21.6 Å². The number of nitrogens with two attached hydrogens (primary N) is 1. The zero-order valence-electron chi connectivity index (χ0n) is 14.0. The number of aromatic nitrogens is 3. The fraction of sp³-hybridized carbons (Fsp3) is 0.111. The van der Waals surface area contributed by atoms with Gasteiger partial charge in [0.2, 0.25) is 0 Å². The maximum Gasteiger partial charge on any atom is 0.277 e. The molecule has 0 aliphatic rings. The molecule has 0 atom stereocenters. The molecule has 4 N–H and O–H groups in total. The fourth-order valence-corrected chi connectivity index (χ4v) is 2.96. The van der Waals surface area contributed by atoms with E-state index in [4.69, 9.17) is 5.73 Å². The lowest BCUT2D eigenvalue weighted by Crippen LogP contribution is -2.23. The zero-order valence-corrected chi connectivity index (χ0v) is 14.8. The van der Waals surface area contributed by atoms with Gasteiger partial charge in [-0.05, 0) is 31.2 Å². The van der Waals surface area contributed by atoms with Crippen LogP contribution in [0.15, 0.2) is 58.6 Å².